The molecule has 2 fully saturated rings. The van der Waals surface area contributed by atoms with Crippen molar-refractivity contribution in [3.63, 3.8) is 0 Å². The molecule has 0 atom stereocenters. The lowest BCUT2D eigenvalue weighted by molar-refractivity contribution is 0.0684. The molecule has 1 aromatic heterocycles. The zero-order valence-electron chi connectivity index (χ0n) is 13.3. The fourth-order valence-corrected chi connectivity index (χ4v) is 3.97. The maximum absolute atomic E-state index is 12.6. The Hall–Kier alpha value is -1.98. The van der Waals surface area contributed by atoms with Gasteiger partial charge in [0.05, 0.1) is 12.4 Å². The third-order valence-electron chi connectivity index (χ3n) is 5.34. The molecule has 1 spiro atoms. The van der Waals surface area contributed by atoms with Gasteiger partial charge < -0.3 is 10.0 Å². The van der Waals surface area contributed by atoms with Crippen molar-refractivity contribution < 1.29 is 14.7 Å². The highest BCUT2D eigenvalue weighted by molar-refractivity contribution is 5.92. The van der Waals surface area contributed by atoms with Gasteiger partial charge in [-0.2, -0.15) is 0 Å². The minimum Gasteiger partial charge on any atom is -0.476 e. The summed E-state index contributed by atoms with van der Waals surface area (Å²) in [7, 11) is 0. The van der Waals surface area contributed by atoms with Crippen LogP contribution in [0.4, 0.5) is 0 Å². The third-order valence-corrected chi connectivity index (χ3v) is 5.34. The summed E-state index contributed by atoms with van der Waals surface area (Å²) in [5.74, 6) is -1.27. The number of aromatic nitrogens is 2. The summed E-state index contributed by atoms with van der Waals surface area (Å²) in [6.07, 6.45) is 12.3. The van der Waals surface area contributed by atoms with Gasteiger partial charge in [-0.05, 0) is 37.5 Å². The number of likely N-dealkylation sites (tertiary alicyclic amines) is 1. The second-order valence-corrected chi connectivity index (χ2v) is 6.80. The van der Waals surface area contributed by atoms with Crippen LogP contribution in [-0.2, 0) is 0 Å². The number of nitrogens with zero attached hydrogens (tertiary/aromatic N) is 3. The normalized spacial score (nSPS) is 21.0. The summed E-state index contributed by atoms with van der Waals surface area (Å²) in [5.41, 5.74) is 0.528. The molecular weight excluding hydrogens is 294 g/mol. The molecule has 1 saturated heterocycles. The number of carboxylic acids is 1. The van der Waals surface area contributed by atoms with E-state index in [-0.39, 0.29) is 17.3 Å². The van der Waals surface area contributed by atoms with E-state index in [4.69, 9.17) is 5.11 Å². The van der Waals surface area contributed by atoms with Gasteiger partial charge in [-0.1, -0.05) is 19.3 Å². The zero-order chi connectivity index (χ0) is 16.3. The molecule has 2 aliphatic rings. The SMILES string of the molecule is O=C(O)c1cnc(C(=O)N2CCCC3(CCCCC3)CC2)cn1. The monoisotopic (exact) mass is 317 g/mol. The van der Waals surface area contributed by atoms with Crippen molar-refractivity contribution in [3.05, 3.63) is 23.8 Å². The first-order chi connectivity index (χ1) is 11.1. The molecule has 0 bridgehead atoms. The molecule has 23 heavy (non-hydrogen) atoms. The first-order valence-electron chi connectivity index (χ1n) is 8.44. The van der Waals surface area contributed by atoms with Crippen LogP contribution in [0.5, 0.6) is 0 Å². The average Bonchev–Trinajstić information content (AvgIpc) is 2.78. The molecule has 0 radical (unpaired) electrons. The Kier molecular flexibility index (Phi) is 4.59. The zero-order valence-corrected chi connectivity index (χ0v) is 13.3. The highest BCUT2D eigenvalue weighted by atomic mass is 16.4. The van der Waals surface area contributed by atoms with E-state index < -0.39 is 5.97 Å². The summed E-state index contributed by atoms with van der Waals surface area (Å²) in [5, 5.41) is 8.84. The van der Waals surface area contributed by atoms with Crippen LogP contribution in [0.3, 0.4) is 0 Å². The van der Waals surface area contributed by atoms with Gasteiger partial charge >= 0.3 is 5.97 Å². The van der Waals surface area contributed by atoms with E-state index in [2.05, 4.69) is 9.97 Å². The molecule has 6 heteroatoms. The van der Waals surface area contributed by atoms with Gasteiger partial charge in [-0.3, -0.25) is 4.79 Å². The van der Waals surface area contributed by atoms with E-state index in [1.54, 1.807) is 0 Å². The van der Waals surface area contributed by atoms with Gasteiger partial charge in [0.15, 0.2) is 5.69 Å². The minimum atomic E-state index is -1.13. The van der Waals surface area contributed by atoms with Crippen LogP contribution in [0.1, 0.15) is 72.3 Å². The van der Waals surface area contributed by atoms with E-state index >= 15 is 0 Å². The van der Waals surface area contributed by atoms with Crippen molar-refractivity contribution in [2.75, 3.05) is 13.1 Å². The Morgan fingerprint density at radius 2 is 1.57 bits per heavy atom. The molecule has 1 saturated carbocycles. The van der Waals surface area contributed by atoms with Crippen LogP contribution in [0.15, 0.2) is 12.4 Å². The largest absolute Gasteiger partial charge is 0.476 e. The second-order valence-electron chi connectivity index (χ2n) is 6.80. The van der Waals surface area contributed by atoms with Crippen LogP contribution in [0, 0.1) is 5.41 Å². The number of rotatable bonds is 2. The maximum atomic E-state index is 12.6. The van der Waals surface area contributed by atoms with Crippen LogP contribution in [0.25, 0.3) is 0 Å². The van der Waals surface area contributed by atoms with E-state index in [1.807, 2.05) is 4.90 Å². The van der Waals surface area contributed by atoms with Gasteiger partial charge in [0, 0.05) is 13.1 Å². The summed E-state index contributed by atoms with van der Waals surface area (Å²) < 4.78 is 0. The van der Waals surface area contributed by atoms with Gasteiger partial charge in [-0.15, -0.1) is 0 Å². The maximum Gasteiger partial charge on any atom is 0.356 e. The summed E-state index contributed by atoms with van der Waals surface area (Å²) >= 11 is 0. The highest BCUT2D eigenvalue weighted by Gasteiger charge is 2.35. The molecule has 6 nitrogen and oxygen atoms in total. The van der Waals surface area contributed by atoms with Gasteiger partial charge in [-0.25, -0.2) is 14.8 Å². The van der Waals surface area contributed by atoms with Gasteiger partial charge in [0.2, 0.25) is 0 Å². The second kappa shape index (κ2) is 6.64. The average molecular weight is 317 g/mol. The van der Waals surface area contributed by atoms with Crippen LogP contribution < -0.4 is 0 Å². The standard InChI is InChI=1S/C17H23N3O3/c21-15(13-11-19-14(12-18-13)16(22)23)20-9-4-7-17(8-10-20)5-2-1-3-6-17/h11-12H,1-10H2,(H,22,23). The molecule has 1 aliphatic heterocycles. The Labute approximate surface area is 135 Å². The Bertz CT molecular complexity index is 579. The molecule has 0 aromatic carbocycles. The molecule has 2 heterocycles. The molecule has 1 amide bonds. The van der Waals surface area contributed by atoms with Crippen LogP contribution in [-0.4, -0.2) is 44.9 Å². The van der Waals surface area contributed by atoms with E-state index in [9.17, 15) is 9.59 Å². The molecule has 1 aliphatic carbocycles. The fraction of sp³-hybridized carbons (Fsp3) is 0.647. The smallest absolute Gasteiger partial charge is 0.356 e. The topological polar surface area (TPSA) is 83.4 Å². The highest BCUT2D eigenvalue weighted by Crippen LogP contribution is 2.44. The first kappa shape index (κ1) is 15.9. The number of carbonyl (C=O) groups is 2. The lowest BCUT2D eigenvalue weighted by Crippen LogP contribution is -2.34. The number of hydrogen-bond donors (Lipinski definition) is 1. The lowest BCUT2D eigenvalue weighted by atomic mass is 9.69. The van der Waals surface area contributed by atoms with E-state index in [0.29, 0.717) is 5.41 Å². The molecule has 1 aromatic rings. The van der Waals surface area contributed by atoms with Crippen molar-refractivity contribution in [3.8, 4) is 0 Å². The molecule has 124 valence electrons. The Balaban J connectivity index is 1.66. The summed E-state index contributed by atoms with van der Waals surface area (Å²) in [6, 6.07) is 0. The van der Waals surface area contributed by atoms with Gasteiger partial charge in [0.1, 0.15) is 5.69 Å². The number of amides is 1. The molecule has 1 N–H and O–H groups in total. The predicted octanol–water partition coefficient (Wildman–Crippen LogP) is 2.75. The number of hydrogen-bond acceptors (Lipinski definition) is 4. The summed E-state index contributed by atoms with van der Waals surface area (Å²) in [4.78, 5) is 33.0. The Morgan fingerprint density at radius 3 is 2.22 bits per heavy atom. The van der Waals surface area contributed by atoms with E-state index in [0.717, 1.165) is 32.1 Å². The quantitative estimate of drug-likeness (QED) is 0.906. The van der Waals surface area contributed by atoms with E-state index in [1.165, 1.54) is 44.7 Å². The first-order valence-corrected chi connectivity index (χ1v) is 8.44. The predicted molar refractivity (Wildman–Crippen MR) is 84.3 cm³/mol. The summed E-state index contributed by atoms with van der Waals surface area (Å²) in [6.45, 7) is 1.52. The third kappa shape index (κ3) is 3.51. The Morgan fingerprint density at radius 1 is 0.913 bits per heavy atom. The lowest BCUT2D eigenvalue weighted by Gasteiger charge is -2.36. The van der Waals surface area contributed by atoms with Crippen LogP contribution in [0.2, 0.25) is 0 Å². The van der Waals surface area contributed by atoms with Crippen molar-refractivity contribution in [2.45, 2.75) is 51.4 Å². The number of carbonyl (C=O) groups excluding carboxylic acids is 1. The molecular formula is C17H23N3O3. The molecule has 3 rings (SSSR count). The van der Waals surface area contributed by atoms with Gasteiger partial charge in [0.25, 0.3) is 5.91 Å². The van der Waals surface area contributed by atoms with Crippen molar-refractivity contribution in [1.82, 2.24) is 14.9 Å². The number of carboxylic acid groups (broad SMARTS) is 1. The van der Waals surface area contributed by atoms with Crippen molar-refractivity contribution >= 4 is 11.9 Å². The minimum absolute atomic E-state index is 0.137. The van der Waals surface area contributed by atoms with Crippen molar-refractivity contribution in [1.29, 1.82) is 0 Å². The molecule has 0 unspecified atom stereocenters. The van der Waals surface area contributed by atoms with Crippen LogP contribution >= 0.6 is 0 Å². The number of aromatic carboxylic acids is 1. The fourth-order valence-electron chi connectivity index (χ4n) is 3.97. The van der Waals surface area contributed by atoms with Crippen molar-refractivity contribution in [2.24, 2.45) is 5.41 Å².